The van der Waals surface area contributed by atoms with Gasteiger partial charge >= 0.3 is 0 Å². The van der Waals surface area contributed by atoms with Gasteiger partial charge in [0, 0.05) is 13.2 Å². The minimum Gasteiger partial charge on any atom is -0.382 e. The fourth-order valence-electron chi connectivity index (χ4n) is 3.50. The lowest BCUT2D eigenvalue weighted by molar-refractivity contribution is -0.0820. The van der Waals surface area contributed by atoms with E-state index in [-0.39, 0.29) is 18.1 Å². The van der Waals surface area contributed by atoms with Crippen molar-refractivity contribution >= 4 is 11.3 Å². The Morgan fingerprint density at radius 2 is 2.07 bits per heavy atom. The molecule has 1 saturated heterocycles. The molecule has 0 bridgehead atoms. The number of nitrogens with zero attached hydrogens (tertiary/aromatic N) is 4. The van der Waals surface area contributed by atoms with Gasteiger partial charge in [0.2, 0.25) is 5.60 Å². The van der Waals surface area contributed by atoms with E-state index in [1.807, 2.05) is 13.0 Å². The molecule has 0 amide bonds. The largest absolute Gasteiger partial charge is 0.382 e. The van der Waals surface area contributed by atoms with Gasteiger partial charge in [-0.05, 0) is 25.0 Å². The van der Waals surface area contributed by atoms with Crippen molar-refractivity contribution in [2.75, 3.05) is 25.6 Å². The van der Waals surface area contributed by atoms with Crippen molar-refractivity contribution in [2.45, 2.75) is 63.5 Å². The first kappa shape index (κ1) is 21.4. The lowest BCUT2D eigenvalue weighted by atomic mass is 9.93. The molecule has 1 aliphatic rings. The molecule has 4 atom stereocenters. The number of nitrogen functional groups attached to an aromatic ring is 1. The van der Waals surface area contributed by atoms with Gasteiger partial charge in [0.05, 0.1) is 12.3 Å². The van der Waals surface area contributed by atoms with Crippen LogP contribution in [-0.4, -0.2) is 52.8 Å². The molecule has 3 heterocycles. The molecular formula is C20H28FN5O3. The first-order chi connectivity index (χ1) is 14.1. The van der Waals surface area contributed by atoms with Gasteiger partial charge in [0.25, 0.3) is 0 Å². The van der Waals surface area contributed by atoms with Gasteiger partial charge in [-0.2, -0.15) is 10.4 Å². The summed E-state index contributed by atoms with van der Waals surface area (Å²) in [5.74, 6) is 0.239. The molecule has 1 fully saturated rings. The molecule has 0 aliphatic carbocycles. The maximum Gasteiger partial charge on any atom is 0.231 e. The number of rotatable bonds is 10. The van der Waals surface area contributed by atoms with Crippen molar-refractivity contribution in [1.82, 2.24) is 14.6 Å². The zero-order chi connectivity index (χ0) is 20.9. The van der Waals surface area contributed by atoms with Crippen LogP contribution in [0.4, 0.5) is 10.2 Å². The number of ether oxygens (including phenoxy) is 3. The van der Waals surface area contributed by atoms with Crippen LogP contribution < -0.4 is 5.73 Å². The zero-order valence-corrected chi connectivity index (χ0v) is 16.9. The number of anilines is 1. The molecule has 9 heteroatoms. The number of alkyl halides is 1. The predicted octanol–water partition coefficient (Wildman–Crippen LogP) is 2.77. The highest BCUT2D eigenvalue weighted by molar-refractivity contribution is 5.66. The molecule has 2 aromatic heterocycles. The van der Waals surface area contributed by atoms with E-state index in [0.29, 0.717) is 18.7 Å². The lowest BCUT2D eigenvalue weighted by Crippen LogP contribution is -2.39. The molecule has 3 rings (SSSR count). The smallest absolute Gasteiger partial charge is 0.231 e. The summed E-state index contributed by atoms with van der Waals surface area (Å²) >= 11 is 0. The number of aromatic nitrogens is 3. The van der Waals surface area contributed by atoms with Crippen LogP contribution in [0.3, 0.4) is 0 Å². The van der Waals surface area contributed by atoms with E-state index < -0.39 is 24.0 Å². The van der Waals surface area contributed by atoms with E-state index in [9.17, 15) is 5.26 Å². The monoisotopic (exact) mass is 405 g/mol. The highest BCUT2D eigenvalue weighted by atomic mass is 19.1. The molecule has 0 radical (unpaired) electrons. The molecule has 2 aromatic rings. The summed E-state index contributed by atoms with van der Waals surface area (Å²) in [5, 5.41) is 14.1. The van der Waals surface area contributed by atoms with Crippen molar-refractivity contribution in [1.29, 1.82) is 5.26 Å². The summed E-state index contributed by atoms with van der Waals surface area (Å²) in [6, 6.07) is 5.29. The maximum atomic E-state index is 15.7. The average molecular weight is 405 g/mol. The maximum absolute atomic E-state index is 15.7. The summed E-state index contributed by atoms with van der Waals surface area (Å²) < 4.78 is 34.6. The lowest BCUT2D eigenvalue weighted by Gasteiger charge is -2.23. The first-order valence-corrected chi connectivity index (χ1v) is 10.1. The van der Waals surface area contributed by atoms with Crippen molar-refractivity contribution in [2.24, 2.45) is 0 Å². The molecule has 0 spiro atoms. The molecular weight excluding hydrogens is 377 g/mol. The number of fused-ring (bicyclic) bond motifs is 1. The number of halogens is 1. The second-order valence-electron chi connectivity index (χ2n) is 7.18. The fourth-order valence-corrected chi connectivity index (χ4v) is 3.50. The first-order valence-electron chi connectivity index (χ1n) is 10.1. The van der Waals surface area contributed by atoms with E-state index >= 15 is 4.39 Å². The second kappa shape index (κ2) is 9.48. The third-order valence-corrected chi connectivity index (χ3v) is 5.14. The van der Waals surface area contributed by atoms with E-state index in [1.165, 1.54) is 10.8 Å². The molecule has 1 aliphatic heterocycles. The third-order valence-electron chi connectivity index (χ3n) is 5.14. The number of nitrogens with two attached hydrogens (primary N) is 1. The normalized spacial score (nSPS) is 26.8. The van der Waals surface area contributed by atoms with E-state index in [0.717, 1.165) is 25.7 Å². The number of nitriles is 1. The van der Waals surface area contributed by atoms with Crippen LogP contribution in [-0.2, 0) is 19.8 Å². The second-order valence-corrected chi connectivity index (χ2v) is 7.18. The van der Waals surface area contributed by atoms with E-state index in [4.69, 9.17) is 19.9 Å². The molecule has 8 nitrogen and oxygen atoms in total. The SMILES string of the molecule is CCCCOC[C@H]1OC(C#N)(c2ccc3c(N)ncnn23)[C@H](F)[C@@H]1OCCCC. The number of unbranched alkanes of at least 4 members (excludes halogenated alkanes) is 2. The minimum absolute atomic E-state index is 0.154. The van der Waals surface area contributed by atoms with Crippen LogP contribution in [0, 0.1) is 11.3 Å². The van der Waals surface area contributed by atoms with Gasteiger partial charge in [0.1, 0.15) is 30.1 Å². The topological polar surface area (TPSA) is 108 Å². The molecule has 0 aromatic carbocycles. The van der Waals surface area contributed by atoms with Gasteiger partial charge in [-0.15, -0.1) is 0 Å². The van der Waals surface area contributed by atoms with Gasteiger partial charge in [0.15, 0.2) is 12.0 Å². The third kappa shape index (κ3) is 4.06. The van der Waals surface area contributed by atoms with Crippen LogP contribution in [0.2, 0.25) is 0 Å². The minimum atomic E-state index is -1.87. The Balaban J connectivity index is 1.92. The summed E-state index contributed by atoms with van der Waals surface area (Å²) in [6.07, 6.45) is 1.55. The van der Waals surface area contributed by atoms with Gasteiger partial charge in [-0.1, -0.05) is 26.7 Å². The van der Waals surface area contributed by atoms with Crippen molar-refractivity contribution in [3.63, 3.8) is 0 Å². The van der Waals surface area contributed by atoms with Gasteiger partial charge < -0.3 is 19.9 Å². The van der Waals surface area contributed by atoms with Crippen LogP contribution in [0.5, 0.6) is 0 Å². The van der Waals surface area contributed by atoms with E-state index in [2.05, 4.69) is 17.0 Å². The molecule has 1 unspecified atom stereocenters. The number of hydrogen-bond acceptors (Lipinski definition) is 7. The molecule has 0 saturated carbocycles. The Bertz CT molecular complexity index is 854. The highest BCUT2D eigenvalue weighted by Gasteiger charge is 2.59. The predicted molar refractivity (Wildman–Crippen MR) is 105 cm³/mol. The van der Waals surface area contributed by atoms with Crippen LogP contribution in [0.1, 0.15) is 45.2 Å². The van der Waals surface area contributed by atoms with Gasteiger partial charge in [-0.3, -0.25) is 0 Å². The summed E-state index contributed by atoms with van der Waals surface area (Å²) in [6.45, 7) is 5.19. The Morgan fingerprint density at radius 3 is 2.79 bits per heavy atom. The molecule has 29 heavy (non-hydrogen) atoms. The van der Waals surface area contributed by atoms with Crippen LogP contribution in [0.15, 0.2) is 18.5 Å². The number of hydrogen-bond donors (Lipinski definition) is 1. The van der Waals surface area contributed by atoms with Crippen molar-refractivity contribution < 1.29 is 18.6 Å². The van der Waals surface area contributed by atoms with Crippen molar-refractivity contribution in [3.8, 4) is 6.07 Å². The van der Waals surface area contributed by atoms with Crippen LogP contribution >= 0.6 is 0 Å². The summed E-state index contributed by atoms with van der Waals surface area (Å²) in [7, 11) is 0. The van der Waals surface area contributed by atoms with Crippen molar-refractivity contribution in [3.05, 3.63) is 24.2 Å². The Hall–Kier alpha value is -2.28. The zero-order valence-electron chi connectivity index (χ0n) is 16.9. The highest BCUT2D eigenvalue weighted by Crippen LogP contribution is 2.43. The average Bonchev–Trinajstić information content (AvgIpc) is 3.27. The fraction of sp³-hybridized carbons (Fsp3) is 0.650. The summed E-state index contributed by atoms with van der Waals surface area (Å²) in [5.41, 5.74) is 4.76. The van der Waals surface area contributed by atoms with E-state index in [1.54, 1.807) is 12.1 Å². The summed E-state index contributed by atoms with van der Waals surface area (Å²) in [4.78, 5) is 3.94. The van der Waals surface area contributed by atoms with Crippen LogP contribution in [0.25, 0.3) is 5.52 Å². The molecule has 2 N–H and O–H groups in total. The molecule has 158 valence electrons. The quantitative estimate of drug-likeness (QED) is 0.606. The Kier molecular flexibility index (Phi) is 7.00. The Morgan fingerprint density at radius 1 is 1.31 bits per heavy atom. The van der Waals surface area contributed by atoms with Gasteiger partial charge in [-0.25, -0.2) is 13.9 Å². The standard InChI is InChI=1S/C20H28FN5O3/c1-3-5-9-27-11-15-17(28-10-6-4-2)18(21)20(12-22,29-15)16-8-7-14-19(23)24-13-25-26(14)16/h7-8,13,15,17-18H,3-6,9-11H2,1-2H3,(H2,23,24,25)/t15-,17-,18-,20?/m1/s1. The Labute approximate surface area is 169 Å².